The summed E-state index contributed by atoms with van der Waals surface area (Å²) in [4.78, 5) is 27.4. The summed E-state index contributed by atoms with van der Waals surface area (Å²) in [6.45, 7) is 2.54. The smallest absolute Gasteiger partial charge is 0.335 e. The van der Waals surface area contributed by atoms with Gasteiger partial charge in [0.05, 0.1) is 5.56 Å². The average Bonchev–Trinajstić information content (AvgIpc) is 2.73. The molecule has 2 N–H and O–H groups in total. The molecule has 1 saturated heterocycles. The van der Waals surface area contributed by atoms with Crippen molar-refractivity contribution >= 4 is 23.3 Å². The van der Waals surface area contributed by atoms with Gasteiger partial charge in [-0.05, 0) is 42.5 Å². The highest BCUT2D eigenvalue weighted by Gasteiger charge is 2.18. The molecule has 148 valence electrons. The standard InChI is InChI=1S/C21H19FN4O3/c22-17-4-6-19(7-5-17)26-10-8-25(9-11-26)14-16(13-23)20(27)24-18-3-1-2-15(12-18)21(28)29/h1-7,12,14H,8-11H2,(H,24,27)(H,28,29)/b16-14-. The molecule has 0 bridgehead atoms. The van der Waals surface area contributed by atoms with Gasteiger partial charge in [-0.15, -0.1) is 0 Å². The van der Waals surface area contributed by atoms with Crippen LogP contribution in [0.3, 0.4) is 0 Å². The molecule has 0 saturated carbocycles. The van der Waals surface area contributed by atoms with Crippen LogP contribution >= 0.6 is 0 Å². The first-order valence-electron chi connectivity index (χ1n) is 8.97. The maximum atomic E-state index is 13.1. The Bertz CT molecular complexity index is 974. The number of nitrogens with one attached hydrogen (secondary N) is 1. The van der Waals surface area contributed by atoms with E-state index in [4.69, 9.17) is 5.11 Å². The van der Waals surface area contributed by atoms with Gasteiger partial charge in [0.15, 0.2) is 0 Å². The van der Waals surface area contributed by atoms with Crippen molar-refractivity contribution in [3.8, 4) is 6.07 Å². The maximum absolute atomic E-state index is 13.1. The number of amides is 1. The number of hydrogen-bond acceptors (Lipinski definition) is 5. The fraction of sp³-hybridized carbons (Fsp3) is 0.190. The summed E-state index contributed by atoms with van der Waals surface area (Å²) in [6, 6.07) is 14.0. The van der Waals surface area contributed by atoms with Crippen LogP contribution in [0.1, 0.15) is 10.4 Å². The lowest BCUT2D eigenvalue weighted by atomic mass is 10.2. The second-order valence-corrected chi connectivity index (χ2v) is 6.49. The molecule has 0 atom stereocenters. The number of carbonyl (C=O) groups excluding carboxylic acids is 1. The number of benzene rings is 2. The Morgan fingerprint density at radius 3 is 2.41 bits per heavy atom. The van der Waals surface area contributed by atoms with Crippen molar-refractivity contribution in [2.24, 2.45) is 0 Å². The van der Waals surface area contributed by atoms with E-state index >= 15 is 0 Å². The third kappa shape index (κ3) is 5.11. The van der Waals surface area contributed by atoms with Gasteiger partial charge < -0.3 is 20.2 Å². The number of rotatable bonds is 5. The van der Waals surface area contributed by atoms with Crippen molar-refractivity contribution in [1.29, 1.82) is 5.26 Å². The summed E-state index contributed by atoms with van der Waals surface area (Å²) < 4.78 is 13.1. The predicted molar refractivity (Wildman–Crippen MR) is 106 cm³/mol. The van der Waals surface area contributed by atoms with Gasteiger partial charge in [0.2, 0.25) is 0 Å². The Labute approximate surface area is 167 Å². The molecule has 1 aliphatic rings. The minimum Gasteiger partial charge on any atom is -0.478 e. The van der Waals surface area contributed by atoms with E-state index in [9.17, 15) is 19.2 Å². The second kappa shape index (κ2) is 8.89. The van der Waals surface area contributed by atoms with Crippen LogP contribution in [0.15, 0.2) is 60.3 Å². The topological polar surface area (TPSA) is 96.7 Å². The molecular weight excluding hydrogens is 375 g/mol. The Balaban J connectivity index is 1.62. The number of carboxylic acid groups (broad SMARTS) is 1. The number of halogens is 1. The van der Waals surface area contributed by atoms with Gasteiger partial charge in [0.1, 0.15) is 17.5 Å². The minimum absolute atomic E-state index is 0.0437. The number of hydrogen-bond donors (Lipinski definition) is 2. The first-order chi connectivity index (χ1) is 14.0. The van der Waals surface area contributed by atoms with Crippen LogP contribution in [0.2, 0.25) is 0 Å². The number of nitriles is 1. The monoisotopic (exact) mass is 394 g/mol. The van der Waals surface area contributed by atoms with Crippen LogP contribution in [0, 0.1) is 17.1 Å². The average molecular weight is 394 g/mol. The maximum Gasteiger partial charge on any atom is 0.335 e. The highest BCUT2D eigenvalue weighted by molar-refractivity contribution is 6.06. The third-order valence-electron chi connectivity index (χ3n) is 4.55. The molecule has 29 heavy (non-hydrogen) atoms. The van der Waals surface area contributed by atoms with Gasteiger partial charge in [-0.3, -0.25) is 4.79 Å². The zero-order valence-corrected chi connectivity index (χ0v) is 15.5. The lowest BCUT2D eigenvalue weighted by Crippen LogP contribution is -2.44. The van der Waals surface area contributed by atoms with Gasteiger partial charge in [-0.25, -0.2) is 9.18 Å². The number of piperazine rings is 1. The number of carboxylic acids is 1. The Morgan fingerprint density at radius 2 is 1.79 bits per heavy atom. The molecule has 1 heterocycles. The van der Waals surface area contributed by atoms with Crippen LogP contribution in [-0.4, -0.2) is 48.1 Å². The second-order valence-electron chi connectivity index (χ2n) is 6.49. The minimum atomic E-state index is -1.10. The first kappa shape index (κ1) is 19.9. The van der Waals surface area contributed by atoms with Crippen molar-refractivity contribution in [1.82, 2.24) is 4.90 Å². The van der Waals surface area contributed by atoms with E-state index in [2.05, 4.69) is 10.2 Å². The molecule has 3 rings (SSSR count). The van der Waals surface area contributed by atoms with Crippen LogP contribution < -0.4 is 10.2 Å². The molecule has 0 aliphatic carbocycles. The summed E-state index contributed by atoms with van der Waals surface area (Å²) in [5.74, 6) is -1.99. The highest BCUT2D eigenvalue weighted by Crippen LogP contribution is 2.18. The number of anilines is 2. The van der Waals surface area contributed by atoms with Crippen LogP contribution in [0.25, 0.3) is 0 Å². The summed E-state index contributed by atoms with van der Waals surface area (Å²) in [6.07, 6.45) is 1.51. The van der Waals surface area contributed by atoms with Gasteiger partial charge in [-0.2, -0.15) is 5.26 Å². The summed E-state index contributed by atoms with van der Waals surface area (Å²) >= 11 is 0. The van der Waals surface area contributed by atoms with E-state index in [0.29, 0.717) is 31.9 Å². The van der Waals surface area contributed by atoms with Crippen molar-refractivity contribution in [3.63, 3.8) is 0 Å². The molecule has 8 heteroatoms. The van der Waals surface area contributed by atoms with Crippen LogP contribution in [0.5, 0.6) is 0 Å². The summed E-state index contributed by atoms with van der Waals surface area (Å²) in [5.41, 5.74) is 1.20. The van der Waals surface area contributed by atoms with Crippen molar-refractivity contribution in [2.45, 2.75) is 0 Å². The zero-order valence-electron chi connectivity index (χ0n) is 15.5. The summed E-state index contributed by atoms with van der Waals surface area (Å²) in [5, 5.41) is 20.9. The molecule has 0 spiro atoms. The largest absolute Gasteiger partial charge is 0.478 e. The van der Waals surface area contributed by atoms with Crippen LogP contribution in [-0.2, 0) is 4.79 Å². The van der Waals surface area contributed by atoms with Crippen LogP contribution in [0.4, 0.5) is 15.8 Å². The normalized spacial score (nSPS) is 14.3. The molecule has 0 radical (unpaired) electrons. The van der Waals surface area contributed by atoms with E-state index < -0.39 is 11.9 Å². The molecule has 1 fully saturated rings. The SMILES string of the molecule is N#C/C(=C/N1CCN(c2ccc(F)cc2)CC1)C(=O)Nc1cccc(C(=O)O)c1. The summed E-state index contributed by atoms with van der Waals surface area (Å²) in [7, 11) is 0. The number of nitrogens with zero attached hydrogens (tertiary/aromatic N) is 3. The molecule has 0 aromatic heterocycles. The molecular formula is C21H19FN4O3. The van der Waals surface area contributed by atoms with E-state index in [1.54, 1.807) is 18.2 Å². The van der Waals surface area contributed by atoms with Gasteiger partial charge >= 0.3 is 5.97 Å². The molecule has 2 aromatic carbocycles. The Kier molecular flexibility index (Phi) is 6.09. The van der Waals surface area contributed by atoms with Crippen molar-refractivity contribution in [3.05, 3.63) is 71.7 Å². The number of aromatic carboxylic acids is 1. The van der Waals surface area contributed by atoms with Crippen molar-refractivity contribution in [2.75, 3.05) is 36.4 Å². The molecule has 1 aliphatic heterocycles. The van der Waals surface area contributed by atoms with E-state index in [1.165, 1.54) is 36.5 Å². The fourth-order valence-corrected chi connectivity index (χ4v) is 3.01. The van der Waals surface area contributed by atoms with Gasteiger partial charge in [0, 0.05) is 43.8 Å². The van der Waals surface area contributed by atoms with Crippen molar-refractivity contribution < 1.29 is 19.1 Å². The van der Waals surface area contributed by atoms with Gasteiger partial charge in [-0.1, -0.05) is 6.07 Å². The van der Waals surface area contributed by atoms with E-state index in [-0.39, 0.29) is 17.0 Å². The fourth-order valence-electron chi connectivity index (χ4n) is 3.01. The molecule has 1 amide bonds. The highest BCUT2D eigenvalue weighted by atomic mass is 19.1. The Hall–Kier alpha value is -3.86. The lowest BCUT2D eigenvalue weighted by molar-refractivity contribution is -0.112. The van der Waals surface area contributed by atoms with Gasteiger partial charge in [0.25, 0.3) is 5.91 Å². The Morgan fingerprint density at radius 1 is 1.10 bits per heavy atom. The molecule has 2 aromatic rings. The quantitative estimate of drug-likeness (QED) is 0.598. The van der Waals surface area contributed by atoms with E-state index in [1.807, 2.05) is 11.0 Å². The number of carbonyl (C=O) groups is 2. The predicted octanol–water partition coefficient (Wildman–Crippen LogP) is 2.69. The molecule has 0 unspecified atom stereocenters. The third-order valence-corrected chi connectivity index (χ3v) is 4.55. The zero-order chi connectivity index (χ0) is 20.8. The first-order valence-corrected chi connectivity index (χ1v) is 8.97. The molecule has 7 nitrogen and oxygen atoms in total. The van der Waals surface area contributed by atoms with E-state index in [0.717, 1.165) is 5.69 Å². The lowest BCUT2D eigenvalue weighted by Gasteiger charge is -2.35.